The second kappa shape index (κ2) is 2.72. The van der Waals surface area contributed by atoms with Crippen molar-refractivity contribution in [3.05, 3.63) is 0 Å². The Morgan fingerprint density at radius 3 is 1.00 bits per heavy atom. The van der Waals surface area contributed by atoms with Crippen molar-refractivity contribution >= 4 is 29.1 Å². The molecule has 0 amide bonds. The van der Waals surface area contributed by atoms with E-state index >= 15 is 0 Å². The van der Waals surface area contributed by atoms with E-state index in [4.69, 9.17) is 29.1 Å². The number of hydrogen-bond acceptors (Lipinski definition) is 0. The van der Waals surface area contributed by atoms with Crippen LogP contribution < -0.4 is 0 Å². The van der Waals surface area contributed by atoms with Crippen molar-refractivity contribution < 1.29 is 13.0 Å². The maximum absolute atomic E-state index is 4.95. The van der Waals surface area contributed by atoms with Crippen LogP contribution in [0.3, 0.4) is 0 Å². The standard InChI is InChI=1S/3ClH.Ru/h3*1H;/q;;;+3/p-3/i;;;1+5. The second-order valence-corrected chi connectivity index (χ2v) is 8.07. The number of hydrogen-bond donors (Lipinski definition) is 0. The minimum absolute atomic E-state index is 1.75. The first-order valence-corrected chi connectivity index (χ1v) is 7.12. The Labute approximate surface area is 42.1 Å². The van der Waals surface area contributed by atoms with Crippen molar-refractivity contribution in [2.24, 2.45) is 0 Å². The molecule has 0 rings (SSSR count). The first kappa shape index (κ1) is 5.49. The molecule has 0 aromatic carbocycles. The van der Waals surface area contributed by atoms with Gasteiger partial charge in [-0.1, -0.05) is 0 Å². The molecule has 4 heteroatoms. The van der Waals surface area contributed by atoms with Crippen molar-refractivity contribution in [3.8, 4) is 0 Å². The molecule has 0 atom stereocenters. The van der Waals surface area contributed by atoms with Gasteiger partial charge in [-0.25, -0.2) is 0 Å². The van der Waals surface area contributed by atoms with Gasteiger partial charge in [-0.15, -0.1) is 0 Å². The van der Waals surface area contributed by atoms with Crippen LogP contribution in [0.5, 0.6) is 0 Å². The third-order valence-electron chi connectivity index (χ3n) is 0. The minimum atomic E-state index is -1.75. The van der Waals surface area contributed by atoms with Crippen LogP contribution in [0.25, 0.3) is 0 Å². The quantitative estimate of drug-likeness (QED) is 0.539. The van der Waals surface area contributed by atoms with Gasteiger partial charge < -0.3 is 0 Å². The molecule has 0 aliphatic carbocycles. The molecule has 0 bridgehead atoms. The second-order valence-electron chi connectivity index (χ2n) is 0.152. The zero-order valence-electron chi connectivity index (χ0n) is 1.49. The van der Waals surface area contributed by atoms with E-state index in [1.54, 1.807) is 0 Å². The molecule has 0 nitrogen and oxygen atoms in total. The summed E-state index contributed by atoms with van der Waals surface area (Å²) in [6.45, 7) is 0. The molecule has 0 aliphatic rings. The van der Waals surface area contributed by atoms with E-state index in [0.29, 0.717) is 0 Å². The van der Waals surface area contributed by atoms with Crippen LogP contribution in [0, 0.1) is 0 Å². The van der Waals surface area contributed by atoms with Gasteiger partial charge in [0.15, 0.2) is 0 Å². The van der Waals surface area contributed by atoms with Crippen molar-refractivity contribution in [1.29, 1.82) is 0 Å². The summed E-state index contributed by atoms with van der Waals surface area (Å²) in [5, 5.41) is 0. The summed E-state index contributed by atoms with van der Waals surface area (Å²) in [6.07, 6.45) is 0. The Balaban J connectivity index is 2.32. The zero-order valence-corrected chi connectivity index (χ0v) is 5.49. The zero-order chi connectivity index (χ0) is 3.58. The van der Waals surface area contributed by atoms with E-state index in [-0.39, 0.29) is 0 Å². The van der Waals surface area contributed by atoms with Gasteiger partial charge in [0.1, 0.15) is 0 Å². The Morgan fingerprint density at radius 1 is 1.00 bits per heavy atom. The van der Waals surface area contributed by atoms with Gasteiger partial charge in [-0.05, 0) is 0 Å². The topological polar surface area (TPSA) is 0 Å². The van der Waals surface area contributed by atoms with Crippen LogP contribution in [0.2, 0.25) is 0 Å². The van der Waals surface area contributed by atoms with Gasteiger partial charge in [0.05, 0.1) is 0 Å². The SMILES string of the molecule is [Cl][106Ru]([Cl])[Cl]. The molecule has 0 saturated carbocycles. The molecule has 0 aromatic heterocycles. The predicted octanol–water partition coefficient (Wildman–Crippen LogP) is 2.07. The third-order valence-corrected chi connectivity index (χ3v) is 0. The molecule has 0 N–H and O–H groups in total. The molecule has 0 radical (unpaired) electrons. The summed E-state index contributed by atoms with van der Waals surface area (Å²) in [6, 6.07) is 0. The first-order valence-electron chi connectivity index (χ1n) is 0.401. The fourth-order valence-corrected chi connectivity index (χ4v) is 0. The normalized spacial score (nSPS) is 11.2. The fourth-order valence-electron chi connectivity index (χ4n) is 0. The van der Waals surface area contributed by atoms with Gasteiger partial charge in [-0.3, -0.25) is 0 Å². The average molecular weight is 212 g/mol. The van der Waals surface area contributed by atoms with Crippen LogP contribution in [0.15, 0.2) is 0 Å². The van der Waals surface area contributed by atoms with Crippen molar-refractivity contribution in [1.82, 2.24) is 0 Å². The summed E-state index contributed by atoms with van der Waals surface area (Å²) >= 11 is -1.75. The molecule has 0 unspecified atom stereocenters. The summed E-state index contributed by atoms with van der Waals surface area (Å²) < 4.78 is 0. The molecule has 0 aromatic rings. The molecule has 0 fully saturated rings. The van der Waals surface area contributed by atoms with Gasteiger partial charge in [0, 0.05) is 0 Å². The first-order chi connectivity index (χ1) is 1.73. The molecule has 0 heterocycles. The fraction of sp³-hybridized carbons (Fsp3) is 0. The van der Waals surface area contributed by atoms with E-state index in [0.717, 1.165) is 0 Å². The van der Waals surface area contributed by atoms with E-state index < -0.39 is 13.0 Å². The van der Waals surface area contributed by atoms with Gasteiger partial charge in [0.2, 0.25) is 0 Å². The van der Waals surface area contributed by atoms with E-state index in [2.05, 4.69) is 0 Å². The van der Waals surface area contributed by atoms with Gasteiger partial charge in [0.25, 0.3) is 0 Å². The Kier molecular flexibility index (Phi) is 3.73. The number of rotatable bonds is 0. The van der Waals surface area contributed by atoms with E-state index in [1.807, 2.05) is 0 Å². The van der Waals surface area contributed by atoms with Crippen LogP contribution in [-0.2, 0) is 13.0 Å². The summed E-state index contributed by atoms with van der Waals surface area (Å²) in [4.78, 5) is 0. The molecular weight excluding hydrogens is 212 g/mol. The molecule has 0 spiro atoms. The summed E-state index contributed by atoms with van der Waals surface area (Å²) in [7, 11) is 14.8. The summed E-state index contributed by atoms with van der Waals surface area (Å²) in [5.41, 5.74) is 0. The van der Waals surface area contributed by atoms with Crippen LogP contribution in [0.1, 0.15) is 0 Å². The van der Waals surface area contributed by atoms with Gasteiger partial charge in [-0.2, -0.15) is 0 Å². The van der Waals surface area contributed by atoms with Crippen molar-refractivity contribution in [2.45, 2.75) is 0 Å². The molecule has 0 aliphatic heterocycles. The Bertz CT molecular complexity index is 8.00. The predicted molar refractivity (Wildman–Crippen MR) is 17.6 cm³/mol. The molecule has 4 heavy (non-hydrogen) atoms. The Hall–Kier alpha value is 1.49. The molecular formula is Cl3Ru. The molecule has 29 valence electrons. The van der Waals surface area contributed by atoms with Crippen molar-refractivity contribution in [3.63, 3.8) is 0 Å². The molecule has 0 saturated heterocycles. The third kappa shape index (κ3) is 9.74. The Morgan fingerprint density at radius 2 is 1.00 bits per heavy atom. The van der Waals surface area contributed by atoms with Crippen LogP contribution >= 0.6 is 29.1 Å². The number of halogens is 3. The van der Waals surface area contributed by atoms with E-state index in [1.165, 1.54) is 0 Å². The van der Waals surface area contributed by atoms with E-state index in [9.17, 15) is 0 Å². The van der Waals surface area contributed by atoms with Crippen molar-refractivity contribution in [2.75, 3.05) is 0 Å². The van der Waals surface area contributed by atoms with Crippen LogP contribution in [-0.4, -0.2) is 0 Å². The summed E-state index contributed by atoms with van der Waals surface area (Å²) in [5.74, 6) is 0. The van der Waals surface area contributed by atoms with Gasteiger partial charge >= 0.3 is 42.1 Å². The van der Waals surface area contributed by atoms with Crippen LogP contribution in [0.4, 0.5) is 0 Å². The maximum atomic E-state index is 4.95. The average Bonchev–Trinajstić information content (AvgIpc) is 0.811. The monoisotopic (exact) mass is 211 g/mol.